The van der Waals surface area contributed by atoms with Crippen LogP contribution in [-0.2, 0) is 9.47 Å². The Morgan fingerprint density at radius 1 is 0.783 bits per heavy atom. The van der Waals surface area contributed by atoms with Gasteiger partial charge in [0.15, 0.2) is 0 Å². The van der Waals surface area contributed by atoms with Crippen molar-refractivity contribution in [2.24, 2.45) is 0 Å². The third kappa shape index (κ3) is 3.94. The zero-order chi connectivity index (χ0) is 16.8. The van der Waals surface area contributed by atoms with Gasteiger partial charge in [-0.3, -0.25) is 4.79 Å². The third-order valence-electron chi connectivity index (χ3n) is 3.11. The second-order valence-electron chi connectivity index (χ2n) is 4.60. The monoisotopic (exact) mass is 313 g/mol. The lowest BCUT2D eigenvalue weighted by molar-refractivity contribution is 0.0592. The molecule has 0 radical (unpaired) electrons. The molecule has 2 aromatic rings. The van der Waals surface area contributed by atoms with Crippen LogP contribution < -0.4 is 5.32 Å². The summed E-state index contributed by atoms with van der Waals surface area (Å²) < 4.78 is 9.23. The van der Waals surface area contributed by atoms with Gasteiger partial charge in [0.25, 0.3) is 5.91 Å². The molecule has 0 aliphatic rings. The normalized spacial score (nSPS) is 9.83. The number of rotatable bonds is 4. The number of carbonyl (C=O) groups excluding carboxylic acids is 3. The maximum atomic E-state index is 12.2. The van der Waals surface area contributed by atoms with E-state index >= 15 is 0 Å². The van der Waals surface area contributed by atoms with E-state index in [-0.39, 0.29) is 5.91 Å². The van der Waals surface area contributed by atoms with Crippen LogP contribution in [0.4, 0.5) is 5.69 Å². The Morgan fingerprint density at radius 3 is 1.96 bits per heavy atom. The minimum absolute atomic E-state index is 0.339. The Balaban J connectivity index is 2.13. The average molecular weight is 313 g/mol. The molecule has 0 aliphatic carbocycles. The van der Waals surface area contributed by atoms with E-state index in [1.807, 2.05) is 0 Å². The molecule has 1 N–H and O–H groups in total. The summed E-state index contributed by atoms with van der Waals surface area (Å²) in [6, 6.07) is 12.5. The van der Waals surface area contributed by atoms with E-state index in [4.69, 9.17) is 0 Å². The van der Waals surface area contributed by atoms with E-state index in [9.17, 15) is 14.4 Å². The van der Waals surface area contributed by atoms with Gasteiger partial charge in [-0.05, 0) is 42.5 Å². The standard InChI is InChI=1S/C17H15NO5/c1-22-16(20)12-8-6-11(7-9-12)15(19)18-14-5-3-4-13(10-14)17(21)23-2/h3-10H,1-2H3,(H,18,19). The van der Waals surface area contributed by atoms with Crippen molar-refractivity contribution >= 4 is 23.5 Å². The van der Waals surface area contributed by atoms with Gasteiger partial charge in [-0.2, -0.15) is 0 Å². The first-order valence-electron chi connectivity index (χ1n) is 6.73. The van der Waals surface area contributed by atoms with E-state index in [1.165, 1.54) is 44.6 Å². The highest BCUT2D eigenvalue weighted by Crippen LogP contribution is 2.14. The predicted octanol–water partition coefficient (Wildman–Crippen LogP) is 2.51. The molecule has 0 saturated carbocycles. The second kappa shape index (κ2) is 7.22. The smallest absolute Gasteiger partial charge is 0.337 e. The first-order valence-corrected chi connectivity index (χ1v) is 6.73. The molecule has 2 aromatic carbocycles. The Bertz CT molecular complexity index is 737. The maximum absolute atomic E-state index is 12.2. The van der Waals surface area contributed by atoms with Crippen molar-refractivity contribution in [2.45, 2.75) is 0 Å². The minimum Gasteiger partial charge on any atom is -0.465 e. The number of nitrogens with one attached hydrogen (secondary N) is 1. The summed E-state index contributed by atoms with van der Waals surface area (Å²) in [6.45, 7) is 0. The molecule has 0 unspecified atom stereocenters. The Kier molecular flexibility index (Phi) is 5.09. The van der Waals surface area contributed by atoms with Crippen molar-refractivity contribution in [3.63, 3.8) is 0 Å². The fraction of sp³-hybridized carbons (Fsp3) is 0.118. The zero-order valence-electron chi connectivity index (χ0n) is 12.7. The van der Waals surface area contributed by atoms with E-state index in [1.54, 1.807) is 18.2 Å². The van der Waals surface area contributed by atoms with Crippen LogP contribution in [-0.4, -0.2) is 32.1 Å². The summed E-state index contributed by atoms with van der Waals surface area (Å²) >= 11 is 0. The van der Waals surface area contributed by atoms with Crippen molar-refractivity contribution in [1.29, 1.82) is 0 Å². The topological polar surface area (TPSA) is 81.7 Å². The van der Waals surface area contributed by atoms with Crippen LogP contribution in [0.15, 0.2) is 48.5 Å². The molecule has 0 aromatic heterocycles. The highest BCUT2D eigenvalue weighted by atomic mass is 16.5. The molecule has 6 nitrogen and oxygen atoms in total. The number of anilines is 1. The molecule has 1 amide bonds. The Hall–Kier alpha value is -3.15. The number of ether oxygens (including phenoxy) is 2. The van der Waals surface area contributed by atoms with Gasteiger partial charge in [-0.1, -0.05) is 6.07 Å². The molecule has 0 saturated heterocycles. The van der Waals surface area contributed by atoms with Crippen LogP contribution in [0.5, 0.6) is 0 Å². The van der Waals surface area contributed by atoms with E-state index in [0.29, 0.717) is 22.4 Å². The van der Waals surface area contributed by atoms with Crippen LogP contribution in [0, 0.1) is 0 Å². The third-order valence-corrected chi connectivity index (χ3v) is 3.11. The summed E-state index contributed by atoms with van der Waals surface area (Å²) in [5, 5.41) is 2.68. The molecule has 2 rings (SSSR count). The maximum Gasteiger partial charge on any atom is 0.337 e. The fourth-order valence-corrected chi connectivity index (χ4v) is 1.92. The summed E-state index contributed by atoms with van der Waals surface area (Å²) in [6.07, 6.45) is 0. The summed E-state index contributed by atoms with van der Waals surface area (Å²) in [5.74, 6) is -1.31. The number of methoxy groups -OCH3 is 2. The van der Waals surface area contributed by atoms with Gasteiger partial charge in [-0.15, -0.1) is 0 Å². The molecule has 0 bridgehead atoms. The van der Waals surface area contributed by atoms with Crippen LogP contribution in [0.25, 0.3) is 0 Å². The number of benzene rings is 2. The van der Waals surface area contributed by atoms with Gasteiger partial charge < -0.3 is 14.8 Å². The van der Waals surface area contributed by atoms with Gasteiger partial charge in [0.2, 0.25) is 0 Å². The van der Waals surface area contributed by atoms with Gasteiger partial charge >= 0.3 is 11.9 Å². The van der Waals surface area contributed by atoms with Crippen LogP contribution in [0.3, 0.4) is 0 Å². The van der Waals surface area contributed by atoms with Crippen LogP contribution in [0.2, 0.25) is 0 Å². The van der Waals surface area contributed by atoms with Gasteiger partial charge in [-0.25, -0.2) is 9.59 Å². The highest BCUT2D eigenvalue weighted by Gasteiger charge is 2.11. The van der Waals surface area contributed by atoms with Crippen LogP contribution >= 0.6 is 0 Å². The van der Waals surface area contributed by atoms with Crippen molar-refractivity contribution in [2.75, 3.05) is 19.5 Å². The van der Waals surface area contributed by atoms with Gasteiger partial charge in [0.05, 0.1) is 25.3 Å². The molecule has 23 heavy (non-hydrogen) atoms. The SMILES string of the molecule is COC(=O)c1ccc(C(=O)Nc2cccc(C(=O)OC)c2)cc1. The van der Waals surface area contributed by atoms with E-state index < -0.39 is 11.9 Å². The van der Waals surface area contributed by atoms with Crippen LogP contribution in [0.1, 0.15) is 31.1 Å². The molecule has 0 fully saturated rings. The van der Waals surface area contributed by atoms with Crippen molar-refractivity contribution in [1.82, 2.24) is 0 Å². The number of hydrogen-bond donors (Lipinski definition) is 1. The number of hydrogen-bond acceptors (Lipinski definition) is 5. The quantitative estimate of drug-likeness (QED) is 0.877. The lowest BCUT2D eigenvalue weighted by atomic mass is 10.1. The molecule has 0 atom stereocenters. The zero-order valence-corrected chi connectivity index (χ0v) is 12.7. The molecular formula is C17H15NO5. The summed E-state index contributed by atoms with van der Waals surface area (Å²) in [7, 11) is 2.58. The number of carbonyl (C=O) groups is 3. The molecule has 6 heteroatoms. The lowest BCUT2D eigenvalue weighted by Crippen LogP contribution is -2.13. The Labute approximate surface area is 133 Å². The molecule has 118 valence electrons. The fourth-order valence-electron chi connectivity index (χ4n) is 1.92. The second-order valence-corrected chi connectivity index (χ2v) is 4.60. The first-order chi connectivity index (χ1) is 11.0. The minimum atomic E-state index is -0.483. The first kappa shape index (κ1) is 16.2. The van der Waals surface area contributed by atoms with Gasteiger partial charge in [0.1, 0.15) is 0 Å². The predicted molar refractivity (Wildman–Crippen MR) is 83.5 cm³/mol. The number of esters is 2. The molecule has 0 spiro atoms. The molecule has 0 heterocycles. The van der Waals surface area contributed by atoms with Crippen molar-refractivity contribution in [3.8, 4) is 0 Å². The highest BCUT2D eigenvalue weighted by molar-refractivity contribution is 6.05. The summed E-state index contributed by atoms with van der Waals surface area (Å²) in [5.41, 5.74) is 1.54. The van der Waals surface area contributed by atoms with E-state index in [2.05, 4.69) is 14.8 Å². The van der Waals surface area contributed by atoms with Crippen molar-refractivity contribution in [3.05, 3.63) is 65.2 Å². The van der Waals surface area contributed by atoms with Gasteiger partial charge in [0, 0.05) is 11.3 Å². The van der Waals surface area contributed by atoms with E-state index in [0.717, 1.165) is 0 Å². The average Bonchev–Trinajstić information content (AvgIpc) is 2.60. The molecule has 0 aliphatic heterocycles. The largest absolute Gasteiger partial charge is 0.465 e. The summed E-state index contributed by atoms with van der Waals surface area (Å²) in [4.78, 5) is 35.0. The Morgan fingerprint density at radius 2 is 1.35 bits per heavy atom. The van der Waals surface area contributed by atoms with Crippen molar-refractivity contribution < 1.29 is 23.9 Å². The number of amides is 1. The molecular weight excluding hydrogens is 298 g/mol. The lowest BCUT2D eigenvalue weighted by Gasteiger charge is -2.07.